The minimum absolute atomic E-state index is 0. The highest BCUT2D eigenvalue weighted by atomic mass is 19.2. The Kier molecular flexibility index (Phi) is 7.87. The monoisotopic (exact) mass is 517 g/mol. The fraction of sp³-hybridized carbons (Fsp3) is 0.444. The first-order valence-corrected chi connectivity index (χ1v) is 12.1. The van der Waals surface area contributed by atoms with Crippen molar-refractivity contribution in [3.05, 3.63) is 64.5 Å². The number of amides is 3. The summed E-state index contributed by atoms with van der Waals surface area (Å²) in [6.45, 7) is 1.61. The molecule has 1 unspecified atom stereocenters. The van der Waals surface area contributed by atoms with Gasteiger partial charge in [0.05, 0.1) is 0 Å². The molecular formula is C27H30F3N3O4. The van der Waals surface area contributed by atoms with Crippen LogP contribution in [0.1, 0.15) is 61.0 Å². The lowest BCUT2D eigenvalue weighted by molar-refractivity contribution is -0.136. The number of carbonyl (C=O) groups is 3. The van der Waals surface area contributed by atoms with E-state index in [1.807, 2.05) is 0 Å². The summed E-state index contributed by atoms with van der Waals surface area (Å²) in [6.07, 6.45) is 3.28. The van der Waals surface area contributed by atoms with Gasteiger partial charge in [-0.1, -0.05) is 13.8 Å². The van der Waals surface area contributed by atoms with Crippen LogP contribution in [0.15, 0.2) is 30.3 Å². The number of rotatable bonds is 6. The Morgan fingerprint density at radius 1 is 1.00 bits per heavy atom. The van der Waals surface area contributed by atoms with Crippen LogP contribution in [0.2, 0.25) is 0 Å². The lowest BCUT2D eigenvalue weighted by Crippen LogP contribution is -2.52. The Hall–Kier alpha value is -3.40. The number of hydrogen-bond donors (Lipinski definition) is 1. The Morgan fingerprint density at radius 2 is 1.76 bits per heavy atom. The summed E-state index contributed by atoms with van der Waals surface area (Å²) in [6, 6.07) is 6.56. The number of imide groups is 1. The van der Waals surface area contributed by atoms with E-state index in [0.29, 0.717) is 29.9 Å². The van der Waals surface area contributed by atoms with Crippen molar-refractivity contribution in [1.82, 2.24) is 15.1 Å². The summed E-state index contributed by atoms with van der Waals surface area (Å²) >= 11 is 0. The Labute approximate surface area is 213 Å². The maximum Gasteiger partial charge on any atom is 0.255 e. The van der Waals surface area contributed by atoms with Gasteiger partial charge in [-0.15, -0.1) is 0 Å². The molecule has 10 heteroatoms. The highest BCUT2D eigenvalue weighted by Crippen LogP contribution is 2.31. The highest BCUT2D eigenvalue weighted by Gasteiger charge is 2.39. The van der Waals surface area contributed by atoms with Crippen LogP contribution in [0.4, 0.5) is 13.2 Å². The molecule has 2 aromatic carbocycles. The molecule has 37 heavy (non-hydrogen) atoms. The number of ether oxygens (including phenoxy) is 1. The molecule has 2 saturated heterocycles. The van der Waals surface area contributed by atoms with Crippen molar-refractivity contribution in [2.75, 3.05) is 13.2 Å². The third-order valence-electron chi connectivity index (χ3n) is 7.12. The van der Waals surface area contributed by atoms with Gasteiger partial charge in [-0.3, -0.25) is 24.6 Å². The first-order valence-electron chi connectivity index (χ1n) is 12.1. The Morgan fingerprint density at radius 3 is 2.49 bits per heavy atom. The average molecular weight is 518 g/mol. The number of piperidine rings is 2. The largest absolute Gasteiger partial charge is 0.492 e. The number of benzene rings is 2. The molecule has 2 atom stereocenters. The highest BCUT2D eigenvalue weighted by molar-refractivity contribution is 6.05. The van der Waals surface area contributed by atoms with Gasteiger partial charge in [-0.05, 0) is 67.3 Å². The molecule has 0 aromatic heterocycles. The number of halogens is 3. The molecule has 2 aromatic rings. The summed E-state index contributed by atoms with van der Waals surface area (Å²) in [7, 11) is 0. The second-order valence-corrected chi connectivity index (χ2v) is 9.52. The van der Waals surface area contributed by atoms with Crippen LogP contribution in [-0.2, 0) is 22.7 Å². The smallest absolute Gasteiger partial charge is 0.255 e. The molecule has 0 spiro atoms. The SMILES string of the molecule is C.O=C1CCC(N2Cc3cc(OC[C@H]4CCCCN4Cc4cc(F)c(F)c(F)c4)ccc3C2=O)C(=O)N1. The van der Waals surface area contributed by atoms with Gasteiger partial charge in [0.15, 0.2) is 17.5 Å². The van der Waals surface area contributed by atoms with E-state index >= 15 is 0 Å². The van der Waals surface area contributed by atoms with Crippen molar-refractivity contribution in [1.29, 1.82) is 0 Å². The fourth-order valence-corrected chi connectivity index (χ4v) is 5.22. The summed E-state index contributed by atoms with van der Waals surface area (Å²) in [5, 5.41) is 2.29. The van der Waals surface area contributed by atoms with E-state index in [9.17, 15) is 27.6 Å². The predicted molar refractivity (Wildman–Crippen MR) is 129 cm³/mol. The molecule has 3 aliphatic heterocycles. The zero-order valence-electron chi connectivity index (χ0n) is 19.6. The maximum absolute atomic E-state index is 13.7. The van der Waals surface area contributed by atoms with Crippen LogP contribution in [0, 0.1) is 17.5 Å². The van der Waals surface area contributed by atoms with Crippen molar-refractivity contribution in [2.24, 2.45) is 0 Å². The molecule has 0 bridgehead atoms. The van der Waals surface area contributed by atoms with Crippen LogP contribution in [-0.4, -0.2) is 52.8 Å². The van der Waals surface area contributed by atoms with Crippen molar-refractivity contribution in [2.45, 2.75) is 64.7 Å². The van der Waals surface area contributed by atoms with Gasteiger partial charge >= 0.3 is 0 Å². The van der Waals surface area contributed by atoms with Gasteiger partial charge in [0.25, 0.3) is 5.91 Å². The van der Waals surface area contributed by atoms with Crippen molar-refractivity contribution in [3.8, 4) is 5.75 Å². The molecule has 0 radical (unpaired) electrons. The molecule has 3 heterocycles. The maximum atomic E-state index is 13.7. The van der Waals surface area contributed by atoms with Crippen molar-refractivity contribution >= 4 is 17.7 Å². The molecule has 3 amide bonds. The second kappa shape index (κ2) is 10.9. The molecule has 2 fully saturated rings. The number of hydrogen-bond acceptors (Lipinski definition) is 5. The third kappa shape index (κ3) is 5.49. The lowest BCUT2D eigenvalue weighted by atomic mass is 10.0. The van der Waals surface area contributed by atoms with E-state index in [1.165, 1.54) is 4.90 Å². The zero-order valence-corrected chi connectivity index (χ0v) is 19.6. The van der Waals surface area contributed by atoms with Crippen LogP contribution >= 0.6 is 0 Å². The minimum atomic E-state index is -1.47. The normalized spacial score (nSPS) is 21.9. The molecule has 7 nitrogen and oxygen atoms in total. The Balaban J connectivity index is 0.00000320. The number of nitrogens with one attached hydrogen (secondary N) is 1. The topological polar surface area (TPSA) is 79.0 Å². The number of carbonyl (C=O) groups excluding carboxylic acids is 3. The number of likely N-dealkylation sites (tertiary alicyclic amines) is 1. The molecular weight excluding hydrogens is 487 g/mol. The predicted octanol–water partition coefficient (Wildman–Crippen LogP) is 3.93. The van der Waals surface area contributed by atoms with E-state index in [0.717, 1.165) is 43.5 Å². The summed E-state index contributed by atoms with van der Waals surface area (Å²) in [4.78, 5) is 40.1. The summed E-state index contributed by atoms with van der Waals surface area (Å²) in [5.41, 5.74) is 1.62. The number of nitrogens with zero attached hydrogens (tertiary/aromatic N) is 2. The van der Waals surface area contributed by atoms with Crippen LogP contribution in [0.5, 0.6) is 5.75 Å². The van der Waals surface area contributed by atoms with Crippen LogP contribution < -0.4 is 10.1 Å². The van der Waals surface area contributed by atoms with Crippen LogP contribution in [0.25, 0.3) is 0 Å². The van der Waals surface area contributed by atoms with Gasteiger partial charge in [0, 0.05) is 31.1 Å². The van der Waals surface area contributed by atoms with Gasteiger partial charge < -0.3 is 9.64 Å². The average Bonchev–Trinajstić information content (AvgIpc) is 3.17. The first-order chi connectivity index (χ1) is 17.3. The van der Waals surface area contributed by atoms with Gasteiger partial charge in [0.2, 0.25) is 11.8 Å². The first kappa shape index (κ1) is 26.7. The standard InChI is InChI=1S/C26H26F3N3O4.CH4/c27-20-9-15(10-21(28)24(20)29)12-31-8-2-1-3-17(31)14-36-18-4-5-19-16(11-18)13-32(26(19)35)22-6-7-23(33)30-25(22)34;/h4-5,9-11,17,22H,1-3,6-8,12-14H2,(H,30,33,34);1H4/t17-,22?;/m1./s1. The minimum Gasteiger partial charge on any atom is -0.492 e. The Bertz CT molecular complexity index is 1200. The van der Waals surface area contributed by atoms with Gasteiger partial charge in [-0.2, -0.15) is 0 Å². The van der Waals surface area contributed by atoms with E-state index in [1.54, 1.807) is 18.2 Å². The van der Waals surface area contributed by atoms with E-state index < -0.39 is 29.4 Å². The summed E-state index contributed by atoms with van der Waals surface area (Å²) < 4.78 is 46.7. The molecule has 1 N–H and O–H groups in total. The summed E-state index contributed by atoms with van der Waals surface area (Å²) in [5.74, 6) is -4.32. The second-order valence-electron chi connectivity index (χ2n) is 9.52. The zero-order chi connectivity index (χ0) is 25.4. The number of fused-ring (bicyclic) bond motifs is 1. The quantitative estimate of drug-likeness (QED) is 0.464. The molecule has 198 valence electrons. The fourth-order valence-electron chi connectivity index (χ4n) is 5.22. The van der Waals surface area contributed by atoms with Gasteiger partial charge in [-0.25, -0.2) is 13.2 Å². The van der Waals surface area contributed by atoms with Crippen molar-refractivity contribution < 1.29 is 32.3 Å². The molecule has 0 aliphatic carbocycles. The third-order valence-corrected chi connectivity index (χ3v) is 7.12. The molecule has 5 rings (SSSR count). The van der Waals surface area contributed by atoms with E-state index in [2.05, 4.69) is 10.2 Å². The van der Waals surface area contributed by atoms with Crippen molar-refractivity contribution in [3.63, 3.8) is 0 Å². The van der Waals surface area contributed by atoms with E-state index in [4.69, 9.17) is 4.74 Å². The van der Waals surface area contributed by atoms with E-state index in [-0.39, 0.29) is 44.8 Å². The lowest BCUT2D eigenvalue weighted by Gasteiger charge is -2.35. The van der Waals surface area contributed by atoms with Crippen LogP contribution in [0.3, 0.4) is 0 Å². The molecule has 3 aliphatic rings. The molecule has 0 saturated carbocycles. The van der Waals surface area contributed by atoms with Gasteiger partial charge in [0.1, 0.15) is 18.4 Å².